The van der Waals surface area contributed by atoms with Crippen LogP contribution in [0, 0.1) is 12.3 Å². The number of carbonyl (C=O) groups is 1. The van der Waals surface area contributed by atoms with Crippen molar-refractivity contribution in [2.24, 2.45) is 11.1 Å². The van der Waals surface area contributed by atoms with E-state index in [9.17, 15) is 4.79 Å². The average Bonchev–Trinajstić information content (AvgIpc) is 3.21. The number of aromatic nitrogens is 3. The van der Waals surface area contributed by atoms with Gasteiger partial charge in [-0.15, -0.1) is 36.2 Å². The zero-order valence-corrected chi connectivity index (χ0v) is 19.2. The first-order chi connectivity index (χ1) is 12.9. The molecule has 3 aromatic rings. The van der Waals surface area contributed by atoms with Crippen LogP contribution >= 0.6 is 36.2 Å². The highest BCUT2D eigenvalue weighted by Crippen LogP contribution is 2.31. The number of benzene rings is 1. The minimum absolute atomic E-state index is 0. The molecule has 0 saturated carbocycles. The van der Waals surface area contributed by atoms with E-state index >= 15 is 0 Å². The van der Waals surface area contributed by atoms with E-state index in [0.29, 0.717) is 13.1 Å². The molecule has 6 nitrogen and oxygen atoms in total. The van der Waals surface area contributed by atoms with Crippen LogP contribution in [0.3, 0.4) is 0 Å². The Hall–Kier alpha value is -1.67. The lowest BCUT2D eigenvalue weighted by atomic mass is 9.79. The Morgan fingerprint density at radius 2 is 2.03 bits per heavy atom. The quantitative estimate of drug-likeness (QED) is 0.649. The molecule has 1 aliphatic heterocycles. The molecule has 1 unspecified atom stereocenters. The molecular weight excluding hydrogens is 429 g/mol. The number of nitrogens with zero attached hydrogens (tertiary/aromatic N) is 4. The first kappa shape index (κ1) is 23.6. The van der Waals surface area contributed by atoms with E-state index in [1.54, 1.807) is 11.3 Å². The Morgan fingerprint density at radius 3 is 2.69 bits per heavy atom. The van der Waals surface area contributed by atoms with Gasteiger partial charge in [0.25, 0.3) is 0 Å². The van der Waals surface area contributed by atoms with Crippen molar-refractivity contribution in [1.82, 2.24) is 19.4 Å². The molecular formula is C20H27Cl2N5OS. The summed E-state index contributed by atoms with van der Waals surface area (Å²) >= 11 is 1.56. The Balaban J connectivity index is 0.00000150. The van der Waals surface area contributed by atoms with E-state index in [1.165, 1.54) is 0 Å². The van der Waals surface area contributed by atoms with Crippen molar-refractivity contribution in [3.05, 3.63) is 35.5 Å². The molecule has 0 bridgehead atoms. The highest BCUT2D eigenvalue weighted by molar-refractivity contribution is 7.13. The molecule has 158 valence electrons. The second-order valence-electron chi connectivity index (χ2n) is 7.98. The van der Waals surface area contributed by atoms with Crippen LogP contribution in [0.1, 0.15) is 26.0 Å². The number of carbonyl (C=O) groups excluding carboxylic acids is 1. The number of hydrogen-bond acceptors (Lipinski definition) is 5. The maximum absolute atomic E-state index is 13.1. The summed E-state index contributed by atoms with van der Waals surface area (Å²) in [5, 5.41) is 0. The van der Waals surface area contributed by atoms with E-state index in [-0.39, 0.29) is 48.7 Å². The molecule has 29 heavy (non-hydrogen) atoms. The largest absolute Gasteiger partial charge is 0.340 e. The summed E-state index contributed by atoms with van der Waals surface area (Å²) in [6.45, 7) is 7.93. The smallest absolute Gasteiger partial charge is 0.242 e. The fourth-order valence-corrected chi connectivity index (χ4v) is 4.55. The van der Waals surface area contributed by atoms with Crippen LogP contribution in [-0.2, 0) is 11.3 Å². The summed E-state index contributed by atoms with van der Waals surface area (Å²) in [5.41, 5.74) is 10.8. The molecule has 2 N–H and O–H groups in total. The molecule has 1 saturated heterocycles. The number of para-hydroxylation sites is 2. The minimum atomic E-state index is -0.0675. The van der Waals surface area contributed by atoms with Crippen LogP contribution in [0.2, 0.25) is 0 Å². The number of likely N-dealkylation sites (tertiary alicyclic amines) is 1. The van der Waals surface area contributed by atoms with Gasteiger partial charge in [-0.25, -0.2) is 9.97 Å². The molecule has 9 heteroatoms. The number of nitrogens with two attached hydrogens (primary N) is 1. The molecule has 0 aliphatic carbocycles. The second-order valence-corrected chi connectivity index (χ2v) is 8.83. The maximum Gasteiger partial charge on any atom is 0.242 e. The van der Waals surface area contributed by atoms with Gasteiger partial charge in [-0.05, 0) is 30.9 Å². The summed E-state index contributed by atoms with van der Waals surface area (Å²) in [6.07, 6.45) is 0.838. The molecule has 0 spiro atoms. The topological polar surface area (TPSA) is 77.0 Å². The van der Waals surface area contributed by atoms with Gasteiger partial charge in [-0.1, -0.05) is 26.0 Å². The van der Waals surface area contributed by atoms with Gasteiger partial charge >= 0.3 is 0 Å². The lowest BCUT2D eigenvalue weighted by molar-refractivity contribution is -0.135. The number of imidazole rings is 1. The van der Waals surface area contributed by atoms with E-state index in [0.717, 1.165) is 33.8 Å². The third-order valence-electron chi connectivity index (χ3n) is 5.56. The van der Waals surface area contributed by atoms with Gasteiger partial charge in [-0.2, -0.15) is 0 Å². The molecule has 1 aromatic carbocycles. The number of fused-ring (bicyclic) bond motifs is 1. The van der Waals surface area contributed by atoms with Crippen molar-refractivity contribution in [3.63, 3.8) is 0 Å². The number of halogens is 2. The van der Waals surface area contributed by atoms with Crippen molar-refractivity contribution in [2.45, 2.75) is 39.8 Å². The van der Waals surface area contributed by atoms with Crippen LogP contribution in [-0.4, -0.2) is 44.5 Å². The zero-order valence-electron chi connectivity index (χ0n) is 16.8. The highest BCUT2D eigenvalue weighted by atomic mass is 35.5. The SMILES string of the molecule is Cc1ncsc1-c1nc2ccccc2n1CC(=O)N1CCC(N)C(C)(C)C1.Cl.Cl. The van der Waals surface area contributed by atoms with E-state index in [2.05, 4.69) is 18.8 Å². The van der Waals surface area contributed by atoms with Gasteiger partial charge in [-0.3, -0.25) is 4.79 Å². The number of hydrogen-bond donors (Lipinski definition) is 1. The van der Waals surface area contributed by atoms with Crippen molar-refractivity contribution < 1.29 is 4.79 Å². The minimum Gasteiger partial charge on any atom is -0.340 e. The van der Waals surface area contributed by atoms with Gasteiger partial charge < -0.3 is 15.2 Å². The molecule has 2 aromatic heterocycles. The average molecular weight is 456 g/mol. The van der Waals surface area contributed by atoms with Gasteiger partial charge in [0.2, 0.25) is 5.91 Å². The summed E-state index contributed by atoms with van der Waals surface area (Å²) < 4.78 is 2.03. The summed E-state index contributed by atoms with van der Waals surface area (Å²) in [7, 11) is 0. The Bertz CT molecular complexity index is 1000. The molecule has 1 amide bonds. The van der Waals surface area contributed by atoms with Crippen LogP contribution in [0.15, 0.2) is 29.8 Å². The van der Waals surface area contributed by atoms with Crippen molar-refractivity contribution in [1.29, 1.82) is 0 Å². The van der Waals surface area contributed by atoms with Gasteiger partial charge in [0.1, 0.15) is 6.54 Å². The molecule has 3 heterocycles. The fourth-order valence-electron chi connectivity index (χ4n) is 3.75. The second kappa shape index (κ2) is 9.00. The van der Waals surface area contributed by atoms with Gasteiger partial charge in [0.05, 0.1) is 27.1 Å². The Labute approximate surface area is 187 Å². The standard InChI is InChI=1S/C20H25N5OS.2ClH/c1-13-18(27-12-22-13)19-23-14-6-4-5-7-15(14)25(19)10-17(26)24-9-8-16(21)20(2,3)11-24;;/h4-7,12,16H,8-11,21H2,1-3H3;2*1H. The van der Waals surface area contributed by atoms with E-state index < -0.39 is 0 Å². The predicted octanol–water partition coefficient (Wildman–Crippen LogP) is 3.90. The van der Waals surface area contributed by atoms with Crippen molar-refractivity contribution in [3.8, 4) is 10.7 Å². The lowest BCUT2D eigenvalue weighted by Gasteiger charge is -2.42. The number of aryl methyl sites for hydroxylation is 1. The Kier molecular flexibility index (Phi) is 7.32. The monoisotopic (exact) mass is 455 g/mol. The van der Waals surface area contributed by atoms with Crippen LogP contribution in [0.5, 0.6) is 0 Å². The number of rotatable bonds is 3. The molecule has 0 radical (unpaired) electrons. The number of piperidine rings is 1. The van der Waals surface area contributed by atoms with Crippen LogP contribution in [0.25, 0.3) is 21.7 Å². The molecule has 1 atom stereocenters. The lowest BCUT2D eigenvalue weighted by Crippen LogP contribution is -2.54. The molecule has 1 fully saturated rings. The highest BCUT2D eigenvalue weighted by Gasteiger charge is 2.35. The predicted molar refractivity (Wildman–Crippen MR) is 123 cm³/mol. The Morgan fingerprint density at radius 1 is 1.31 bits per heavy atom. The van der Waals surface area contributed by atoms with Crippen LogP contribution < -0.4 is 5.73 Å². The van der Waals surface area contributed by atoms with Crippen molar-refractivity contribution in [2.75, 3.05) is 13.1 Å². The molecule has 4 rings (SSSR count). The summed E-state index contributed by atoms with van der Waals surface area (Å²) in [4.78, 5) is 25.2. The third-order valence-corrected chi connectivity index (χ3v) is 6.49. The van der Waals surface area contributed by atoms with E-state index in [1.807, 2.05) is 46.2 Å². The van der Waals surface area contributed by atoms with Crippen LogP contribution in [0.4, 0.5) is 0 Å². The zero-order chi connectivity index (χ0) is 19.2. The number of amides is 1. The molecule has 1 aliphatic rings. The van der Waals surface area contributed by atoms with Gasteiger partial charge in [0, 0.05) is 19.1 Å². The first-order valence-corrected chi connectivity index (χ1v) is 10.1. The normalized spacial score (nSPS) is 18.2. The summed E-state index contributed by atoms with van der Waals surface area (Å²) in [5.74, 6) is 0.930. The van der Waals surface area contributed by atoms with Crippen molar-refractivity contribution >= 4 is 53.1 Å². The first-order valence-electron chi connectivity index (χ1n) is 9.26. The third kappa shape index (κ3) is 4.43. The van der Waals surface area contributed by atoms with Gasteiger partial charge in [0.15, 0.2) is 5.82 Å². The summed E-state index contributed by atoms with van der Waals surface area (Å²) in [6, 6.07) is 8.09. The fraction of sp³-hybridized carbons (Fsp3) is 0.450. The maximum atomic E-state index is 13.1. The number of thiazole rings is 1. The van der Waals surface area contributed by atoms with E-state index in [4.69, 9.17) is 10.7 Å².